The number of hydrogen-bond donors (Lipinski definition) is 0. The second-order valence-corrected chi connectivity index (χ2v) is 0.266. The molecule has 1 nitrogen and oxygen atoms in total. The summed E-state index contributed by atoms with van der Waals surface area (Å²) in [6, 6.07) is 0. The molecule has 0 spiro atoms. The fourth-order valence-electron chi connectivity index (χ4n) is 0. The molecule has 0 heterocycles. The van der Waals surface area contributed by atoms with Crippen LogP contribution >= 0.6 is 0 Å². The third kappa shape index (κ3) is 9.42. The molecule has 0 saturated carbocycles. The molecule has 0 aromatic heterocycles. The Balaban J connectivity index is -0.00000000667. The second-order valence-electron chi connectivity index (χ2n) is 0.0645. The molecule has 0 atom stereocenters. The Hall–Kier alpha value is 1.64. The fourth-order valence-corrected chi connectivity index (χ4v) is 0. The maximum absolute atomic E-state index is 8.51. The molecule has 3 heteroatoms. The van der Waals surface area contributed by atoms with E-state index in [0.717, 1.165) is 4.86 Å². The van der Waals surface area contributed by atoms with Gasteiger partial charge in [0.15, 0.2) is 0 Å². The molecule has 0 aliphatic rings. The number of hydrogen-bond acceptors (Lipinski definition) is 1. The van der Waals surface area contributed by atoms with Crippen LogP contribution in [0.15, 0.2) is 0 Å². The van der Waals surface area contributed by atoms with Crippen LogP contribution in [-0.4, -0.2) is 53.7 Å². The predicted octanol–water partition coefficient (Wildman–Crippen LogP) is -0.555. The van der Waals surface area contributed by atoms with Crippen molar-refractivity contribution in [3.63, 3.8) is 0 Å². The van der Waals surface area contributed by atoms with Crippen LogP contribution in [0.3, 0.4) is 0 Å². The first-order valence-electron chi connectivity index (χ1n) is 0.362. The molecule has 0 bridgehead atoms. The van der Waals surface area contributed by atoms with Gasteiger partial charge in [-0.05, 0) is 0 Å². The van der Waals surface area contributed by atoms with E-state index in [0.29, 0.717) is 0 Å². The van der Waals surface area contributed by atoms with E-state index in [9.17, 15) is 0 Å². The maximum atomic E-state index is 8.51. The first-order valence-corrected chi connectivity index (χ1v) is 0.856. The van der Waals surface area contributed by atoms with E-state index in [1.165, 1.54) is 0 Å². The Morgan fingerprint density at radius 3 is 2.00 bits per heavy atom. The molecule has 0 fully saturated rings. The van der Waals surface area contributed by atoms with Crippen LogP contribution in [0.5, 0.6) is 0 Å². The Morgan fingerprint density at radius 2 is 2.00 bits per heavy atom. The van der Waals surface area contributed by atoms with Crippen molar-refractivity contribution < 1.29 is 22.7 Å². The zero-order valence-corrected chi connectivity index (χ0v) is 7.36. The van der Waals surface area contributed by atoms with Crippen molar-refractivity contribution >= 4 is 53.7 Å². The third-order valence-electron chi connectivity index (χ3n) is 0. The monoisotopic (exact) mass is 226 g/mol. The third-order valence-corrected chi connectivity index (χ3v) is 0. The van der Waals surface area contributed by atoms with Gasteiger partial charge < -0.3 is 2.85 Å². The van der Waals surface area contributed by atoms with Crippen LogP contribution in [0.25, 0.3) is 0 Å². The van der Waals surface area contributed by atoms with Crippen LogP contribution in [0.4, 0.5) is 0 Å². The molecule has 0 unspecified atom stereocenters. The van der Waals surface area contributed by atoms with E-state index in [2.05, 4.69) is 15.0 Å². The average molecular weight is 226 g/mol. The summed E-state index contributed by atoms with van der Waals surface area (Å²) in [6.07, 6.45) is 0. The van der Waals surface area contributed by atoms with Gasteiger partial charge in [0, 0.05) is 0 Å². The Bertz CT molecular complexity index is 34.5. The van der Waals surface area contributed by atoms with Gasteiger partial charge in [-0.25, -0.2) is 0 Å². The van der Waals surface area contributed by atoms with Crippen molar-refractivity contribution in [1.29, 1.82) is 0 Å². The summed E-state index contributed by atoms with van der Waals surface area (Å²) in [4.78, 5) is 9.64. The van der Waals surface area contributed by atoms with Crippen molar-refractivity contribution in [3.8, 4) is 0 Å². The van der Waals surface area contributed by atoms with Gasteiger partial charge in [-0.2, -0.15) is 0 Å². The average Bonchev–Trinajstić information content (AvgIpc) is 0.918. The van der Waals surface area contributed by atoms with Crippen LogP contribution in [0.1, 0.15) is 2.85 Å². The molecule has 0 aromatic rings. The Kier molecular flexibility index (Phi) is 20.2. The zero-order valence-electron chi connectivity index (χ0n) is 3.93. The SMILES string of the molecule is O=[C]=[Ni].[Ba+2].[H-].[H-]. The van der Waals surface area contributed by atoms with Gasteiger partial charge in [0.1, 0.15) is 0 Å². The molecule has 0 saturated heterocycles. The second kappa shape index (κ2) is 8.82. The Morgan fingerprint density at radius 1 is 2.00 bits per heavy atom. The van der Waals surface area contributed by atoms with Crippen molar-refractivity contribution in [2.45, 2.75) is 0 Å². The largest absolute Gasteiger partial charge is 2.00 e. The van der Waals surface area contributed by atoms with Gasteiger partial charge in [0.05, 0.1) is 0 Å². The van der Waals surface area contributed by atoms with Crippen molar-refractivity contribution in [2.24, 2.45) is 0 Å². The van der Waals surface area contributed by atoms with Crippen molar-refractivity contribution in [2.75, 3.05) is 0 Å². The van der Waals surface area contributed by atoms with Crippen LogP contribution < -0.4 is 0 Å². The summed E-state index contributed by atoms with van der Waals surface area (Å²) in [6.45, 7) is 0. The summed E-state index contributed by atoms with van der Waals surface area (Å²) in [5, 5.41) is 0. The van der Waals surface area contributed by atoms with Gasteiger partial charge in [-0.15, -0.1) is 0 Å². The van der Waals surface area contributed by atoms with E-state index < -0.39 is 0 Å². The molecule has 0 rings (SSSR count). The summed E-state index contributed by atoms with van der Waals surface area (Å²) in [5.74, 6) is 0. The quantitative estimate of drug-likeness (QED) is 0.506. The van der Waals surface area contributed by atoms with Crippen LogP contribution in [-0.2, 0) is 19.8 Å². The van der Waals surface area contributed by atoms with E-state index in [1.807, 2.05) is 0 Å². The molecule has 0 aliphatic carbocycles. The molecular formula is CH2BaNiO. The topological polar surface area (TPSA) is 17.1 Å². The molecular weight excluding hydrogens is 224 g/mol. The molecule has 0 aromatic carbocycles. The normalized spacial score (nSPS) is 2.50. The van der Waals surface area contributed by atoms with Crippen molar-refractivity contribution in [1.82, 2.24) is 0 Å². The maximum Gasteiger partial charge on any atom is 2.00 e. The molecule has 4 heavy (non-hydrogen) atoms. The molecule has 0 aliphatic heterocycles. The molecule has 24 valence electrons. The first kappa shape index (κ1) is 9.17. The predicted molar refractivity (Wildman–Crippen MR) is 13.7 cm³/mol. The number of rotatable bonds is 0. The van der Waals surface area contributed by atoms with Gasteiger partial charge in [0.25, 0.3) is 0 Å². The van der Waals surface area contributed by atoms with Crippen LogP contribution in [0.2, 0.25) is 0 Å². The van der Waals surface area contributed by atoms with Gasteiger partial charge in [0.2, 0.25) is 0 Å². The summed E-state index contributed by atoms with van der Waals surface area (Å²) >= 11 is 3.36. The smallest absolute Gasteiger partial charge is 1.00 e. The van der Waals surface area contributed by atoms with Crippen LogP contribution in [0, 0.1) is 0 Å². The summed E-state index contributed by atoms with van der Waals surface area (Å²) in [7, 11) is 0. The van der Waals surface area contributed by atoms with E-state index in [1.54, 1.807) is 0 Å². The van der Waals surface area contributed by atoms with Crippen molar-refractivity contribution in [3.05, 3.63) is 0 Å². The van der Waals surface area contributed by atoms with Gasteiger partial charge in [-0.1, -0.05) is 0 Å². The van der Waals surface area contributed by atoms with Gasteiger partial charge >= 0.3 is 73.6 Å². The minimum Gasteiger partial charge on any atom is -1.00 e. The first-order chi connectivity index (χ1) is 1.41. The molecule has 0 N–H and O–H groups in total. The summed E-state index contributed by atoms with van der Waals surface area (Å²) in [5.41, 5.74) is 0. The minimum atomic E-state index is 0. The number of carbonyl (C=O) groups excluding carboxylic acids is 1. The molecule has 0 radical (unpaired) electrons. The van der Waals surface area contributed by atoms with Gasteiger partial charge in [-0.3, -0.25) is 0 Å². The van der Waals surface area contributed by atoms with E-state index in [-0.39, 0.29) is 51.7 Å². The zero-order chi connectivity index (χ0) is 2.71. The van der Waals surface area contributed by atoms with E-state index in [4.69, 9.17) is 4.79 Å². The molecule has 0 amide bonds. The fraction of sp³-hybridized carbons (Fsp3) is 0. The Labute approximate surface area is 75.1 Å². The minimum absolute atomic E-state index is 0. The standard InChI is InChI=1S/CO.Ba.Ni.2H/c1-2;;;;/q;+2;;2*-1. The summed E-state index contributed by atoms with van der Waals surface area (Å²) < 4.78 is 0. The van der Waals surface area contributed by atoms with E-state index >= 15 is 0 Å².